The van der Waals surface area contributed by atoms with Gasteiger partial charge in [-0.3, -0.25) is 0 Å². The molecule has 0 spiro atoms. The minimum Gasteiger partial charge on any atom is -0.356 e. The van der Waals surface area contributed by atoms with E-state index in [9.17, 15) is 8.42 Å². The van der Waals surface area contributed by atoms with Gasteiger partial charge in [0, 0.05) is 31.3 Å². The molecule has 2 aromatic heterocycles. The molecule has 0 aliphatic carbocycles. The number of aryl methyl sites for hydroxylation is 1. The Kier molecular flexibility index (Phi) is 3.96. The summed E-state index contributed by atoms with van der Waals surface area (Å²) in [4.78, 5) is 8.48. The molecule has 118 valence electrons. The summed E-state index contributed by atoms with van der Waals surface area (Å²) in [6.07, 6.45) is 5.98. The van der Waals surface area contributed by atoms with E-state index < -0.39 is 10.0 Å². The molecule has 0 radical (unpaired) electrons. The van der Waals surface area contributed by atoms with Gasteiger partial charge in [-0.2, -0.15) is 0 Å². The van der Waals surface area contributed by atoms with Gasteiger partial charge in [0.15, 0.2) is 5.76 Å². The van der Waals surface area contributed by atoms with Gasteiger partial charge in [0.2, 0.25) is 10.0 Å². The molecule has 0 saturated carbocycles. The Morgan fingerprint density at radius 1 is 1.32 bits per heavy atom. The van der Waals surface area contributed by atoms with Crippen LogP contribution < -0.4 is 0 Å². The van der Waals surface area contributed by atoms with Crippen LogP contribution in [0.3, 0.4) is 0 Å². The first kappa shape index (κ1) is 15.1. The second kappa shape index (κ2) is 5.77. The van der Waals surface area contributed by atoms with E-state index >= 15 is 0 Å². The SMILES string of the molecule is Cc1cc(-c2cncnc2C2CCN(S(C)(=O)=O)CC2)on1. The Hall–Kier alpha value is -1.80. The van der Waals surface area contributed by atoms with Crippen molar-refractivity contribution in [2.24, 2.45) is 0 Å². The number of piperidine rings is 1. The highest BCUT2D eigenvalue weighted by atomic mass is 32.2. The maximum absolute atomic E-state index is 11.6. The predicted molar refractivity (Wildman–Crippen MR) is 80.7 cm³/mol. The van der Waals surface area contributed by atoms with Crippen LogP contribution in [-0.4, -0.2) is 47.2 Å². The topological polar surface area (TPSA) is 89.2 Å². The van der Waals surface area contributed by atoms with E-state index in [2.05, 4.69) is 15.1 Å². The van der Waals surface area contributed by atoms with Crippen LogP contribution in [0.4, 0.5) is 0 Å². The summed E-state index contributed by atoms with van der Waals surface area (Å²) in [6.45, 7) is 2.89. The van der Waals surface area contributed by atoms with E-state index in [1.54, 1.807) is 6.20 Å². The van der Waals surface area contributed by atoms with Crippen LogP contribution in [-0.2, 0) is 10.0 Å². The Morgan fingerprint density at radius 3 is 2.64 bits per heavy atom. The fourth-order valence-corrected chi connectivity index (χ4v) is 3.68. The van der Waals surface area contributed by atoms with Crippen LogP contribution in [0.2, 0.25) is 0 Å². The van der Waals surface area contributed by atoms with Crippen LogP contribution in [0, 0.1) is 6.92 Å². The lowest BCUT2D eigenvalue weighted by atomic mass is 9.91. The molecule has 1 fully saturated rings. The van der Waals surface area contributed by atoms with Gasteiger partial charge in [0.05, 0.1) is 23.2 Å². The van der Waals surface area contributed by atoms with Crippen molar-refractivity contribution in [3.63, 3.8) is 0 Å². The number of aromatic nitrogens is 3. The van der Waals surface area contributed by atoms with Gasteiger partial charge in [-0.1, -0.05) is 5.16 Å². The largest absolute Gasteiger partial charge is 0.356 e. The van der Waals surface area contributed by atoms with E-state index in [0.29, 0.717) is 18.8 Å². The molecule has 2 aromatic rings. The lowest BCUT2D eigenvalue weighted by Crippen LogP contribution is -2.37. The zero-order chi connectivity index (χ0) is 15.7. The number of hydrogen-bond acceptors (Lipinski definition) is 6. The van der Waals surface area contributed by atoms with E-state index in [0.717, 1.165) is 29.8 Å². The third kappa shape index (κ3) is 3.02. The van der Waals surface area contributed by atoms with Crippen LogP contribution in [0.25, 0.3) is 11.3 Å². The average Bonchev–Trinajstić information content (AvgIpc) is 2.93. The van der Waals surface area contributed by atoms with E-state index in [-0.39, 0.29) is 5.92 Å². The van der Waals surface area contributed by atoms with Crippen molar-refractivity contribution in [3.05, 3.63) is 30.0 Å². The van der Waals surface area contributed by atoms with Gasteiger partial charge in [-0.15, -0.1) is 0 Å². The molecule has 7 nitrogen and oxygen atoms in total. The van der Waals surface area contributed by atoms with Gasteiger partial charge in [-0.25, -0.2) is 22.7 Å². The van der Waals surface area contributed by atoms with Gasteiger partial charge < -0.3 is 4.52 Å². The lowest BCUT2D eigenvalue weighted by Gasteiger charge is -2.30. The quantitative estimate of drug-likeness (QED) is 0.852. The summed E-state index contributed by atoms with van der Waals surface area (Å²) in [7, 11) is -3.12. The Morgan fingerprint density at radius 2 is 2.05 bits per heavy atom. The molecule has 0 bridgehead atoms. The second-order valence-electron chi connectivity index (χ2n) is 5.59. The molecule has 3 rings (SSSR count). The van der Waals surface area contributed by atoms with Crippen molar-refractivity contribution in [1.29, 1.82) is 0 Å². The summed E-state index contributed by atoms with van der Waals surface area (Å²) in [5.41, 5.74) is 2.54. The summed E-state index contributed by atoms with van der Waals surface area (Å²) in [5.74, 6) is 0.847. The summed E-state index contributed by atoms with van der Waals surface area (Å²) in [6, 6.07) is 1.85. The van der Waals surface area contributed by atoms with Crippen LogP contribution in [0.5, 0.6) is 0 Å². The first-order valence-electron chi connectivity index (χ1n) is 7.14. The first-order valence-corrected chi connectivity index (χ1v) is 8.98. The highest BCUT2D eigenvalue weighted by Gasteiger charge is 2.28. The molecule has 1 saturated heterocycles. The molecule has 8 heteroatoms. The van der Waals surface area contributed by atoms with Gasteiger partial charge >= 0.3 is 0 Å². The number of hydrogen-bond donors (Lipinski definition) is 0. The fourth-order valence-electron chi connectivity index (χ4n) is 2.81. The van der Waals surface area contributed by atoms with Crippen molar-refractivity contribution in [1.82, 2.24) is 19.4 Å². The second-order valence-corrected chi connectivity index (χ2v) is 7.57. The Balaban J connectivity index is 1.85. The standard InChI is InChI=1S/C14H18N4O3S/c1-10-7-13(21-17-10)12-8-15-9-16-14(12)11-3-5-18(6-4-11)22(2,19)20/h7-9,11H,3-6H2,1-2H3. The van der Waals surface area contributed by atoms with Crippen LogP contribution >= 0.6 is 0 Å². The third-order valence-corrected chi connectivity index (χ3v) is 5.25. The highest BCUT2D eigenvalue weighted by molar-refractivity contribution is 7.88. The van der Waals surface area contributed by atoms with E-state index in [1.807, 2.05) is 13.0 Å². The normalized spacial score (nSPS) is 17.7. The summed E-state index contributed by atoms with van der Waals surface area (Å²) >= 11 is 0. The molecule has 1 aliphatic rings. The van der Waals surface area contributed by atoms with Crippen molar-refractivity contribution < 1.29 is 12.9 Å². The molecule has 1 aliphatic heterocycles. The van der Waals surface area contributed by atoms with E-state index in [4.69, 9.17) is 4.52 Å². The fraction of sp³-hybridized carbons (Fsp3) is 0.500. The molecule has 22 heavy (non-hydrogen) atoms. The number of sulfonamides is 1. The monoisotopic (exact) mass is 322 g/mol. The lowest BCUT2D eigenvalue weighted by molar-refractivity contribution is 0.318. The molecule has 3 heterocycles. The molecule has 0 amide bonds. The Labute approximate surface area is 129 Å². The number of nitrogens with zero attached hydrogens (tertiary/aromatic N) is 4. The van der Waals surface area contributed by atoms with Gasteiger partial charge in [-0.05, 0) is 19.8 Å². The molecule has 0 aromatic carbocycles. The minimum atomic E-state index is -3.12. The zero-order valence-corrected chi connectivity index (χ0v) is 13.4. The zero-order valence-electron chi connectivity index (χ0n) is 12.6. The summed E-state index contributed by atoms with van der Waals surface area (Å²) < 4.78 is 30.0. The van der Waals surface area contributed by atoms with Crippen LogP contribution in [0.15, 0.2) is 23.1 Å². The van der Waals surface area contributed by atoms with Crippen molar-refractivity contribution >= 4 is 10.0 Å². The molecule has 0 atom stereocenters. The first-order chi connectivity index (χ1) is 10.4. The summed E-state index contributed by atoms with van der Waals surface area (Å²) in [5, 5.41) is 3.91. The van der Waals surface area contributed by atoms with Crippen molar-refractivity contribution in [3.8, 4) is 11.3 Å². The van der Waals surface area contributed by atoms with Gasteiger partial charge in [0.25, 0.3) is 0 Å². The molecular weight excluding hydrogens is 304 g/mol. The van der Waals surface area contributed by atoms with Gasteiger partial charge in [0.1, 0.15) is 6.33 Å². The van der Waals surface area contributed by atoms with Crippen molar-refractivity contribution in [2.75, 3.05) is 19.3 Å². The molecular formula is C14H18N4O3S. The predicted octanol–water partition coefficient (Wildman–Crippen LogP) is 1.58. The van der Waals surface area contributed by atoms with Crippen molar-refractivity contribution in [2.45, 2.75) is 25.7 Å². The Bertz CT molecular complexity index is 764. The maximum Gasteiger partial charge on any atom is 0.211 e. The smallest absolute Gasteiger partial charge is 0.211 e. The highest BCUT2D eigenvalue weighted by Crippen LogP contribution is 2.34. The van der Waals surface area contributed by atoms with Crippen LogP contribution in [0.1, 0.15) is 30.1 Å². The van der Waals surface area contributed by atoms with E-state index in [1.165, 1.54) is 16.9 Å². The maximum atomic E-state index is 11.6. The molecule has 0 unspecified atom stereocenters. The minimum absolute atomic E-state index is 0.196. The number of rotatable bonds is 3. The molecule has 0 N–H and O–H groups in total. The average molecular weight is 322 g/mol. The third-order valence-electron chi connectivity index (χ3n) is 3.95.